The number of nitrogens with zero attached hydrogens (tertiary/aromatic N) is 6. The van der Waals surface area contributed by atoms with Gasteiger partial charge in [0.15, 0.2) is 5.82 Å². The molecule has 0 bridgehead atoms. The van der Waals surface area contributed by atoms with Crippen LogP contribution in [0.25, 0.3) is 33.4 Å². The molecule has 3 N–H and O–H groups in total. The lowest BCUT2D eigenvalue weighted by atomic mass is 9.96. The number of amides is 1. The van der Waals surface area contributed by atoms with E-state index in [9.17, 15) is 4.79 Å². The topological polar surface area (TPSA) is 120 Å². The average molecular weight is 703 g/mol. The molecule has 8 rings (SSSR count). The number of benzene rings is 3. The Morgan fingerprint density at radius 1 is 0.920 bits per heavy atom. The Morgan fingerprint density at radius 3 is 2.46 bits per heavy atom. The molecule has 1 fully saturated rings. The van der Waals surface area contributed by atoms with E-state index in [-0.39, 0.29) is 11.9 Å². The molecule has 1 aliphatic rings. The number of imidazole rings is 1. The highest BCUT2D eigenvalue weighted by Gasteiger charge is 2.29. The zero-order valence-corrected chi connectivity index (χ0v) is 28.7. The van der Waals surface area contributed by atoms with Crippen LogP contribution in [0.4, 0.5) is 11.5 Å². The van der Waals surface area contributed by atoms with Gasteiger partial charge in [-0.15, -0.1) is 0 Å². The third-order valence-electron chi connectivity index (χ3n) is 9.48. The van der Waals surface area contributed by atoms with Gasteiger partial charge in [-0.3, -0.25) is 9.89 Å². The number of pyridine rings is 1. The number of rotatable bonds is 8. The van der Waals surface area contributed by atoms with Crippen molar-refractivity contribution in [1.82, 2.24) is 34.7 Å². The van der Waals surface area contributed by atoms with Crippen molar-refractivity contribution < 1.29 is 4.79 Å². The third-order valence-corrected chi connectivity index (χ3v) is 9.97. The first-order valence-electron chi connectivity index (χ1n) is 16.5. The van der Waals surface area contributed by atoms with Gasteiger partial charge in [-0.25, -0.2) is 15.0 Å². The molecule has 0 saturated carbocycles. The summed E-state index contributed by atoms with van der Waals surface area (Å²) >= 11 is 12.7. The second-order valence-corrected chi connectivity index (χ2v) is 13.3. The van der Waals surface area contributed by atoms with Gasteiger partial charge in [-0.2, -0.15) is 5.10 Å². The zero-order chi connectivity index (χ0) is 34.2. The quantitative estimate of drug-likeness (QED) is 0.146. The Bertz CT molecular complexity index is 2270. The molecule has 0 radical (unpaired) electrons. The Morgan fingerprint density at radius 2 is 1.70 bits per heavy atom. The van der Waals surface area contributed by atoms with Crippen LogP contribution in [0.3, 0.4) is 0 Å². The maximum atomic E-state index is 14.6. The predicted octanol–water partition coefficient (Wildman–Crippen LogP) is 8.76. The van der Waals surface area contributed by atoms with E-state index in [4.69, 9.17) is 33.2 Å². The van der Waals surface area contributed by atoms with Gasteiger partial charge >= 0.3 is 0 Å². The molecule has 10 nitrogen and oxygen atoms in total. The fourth-order valence-corrected chi connectivity index (χ4v) is 7.20. The van der Waals surface area contributed by atoms with Crippen molar-refractivity contribution in [3.8, 4) is 22.5 Å². The summed E-state index contributed by atoms with van der Waals surface area (Å²) < 4.78 is 2.12. The van der Waals surface area contributed by atoms with Crippen molar-refractivity contribution >= 4 is 51.5 Å². The van der Waals surface area contributed by atoms with Crippen molar-refractivity contribution in [2.45, 2.75) is 31.7 Å². The molecule has 5 heterocycles. The van der Waals surface area contributed by atoms with Gasteiger partial charge in [0.2, 0.25) is 0 Å². The summed E-state index contributed by atoms with van der Waals surface area (Å²) in [6.07, 6.45) is 6.93. The van der Waals surface area contributed by atoms with E-state index in [0.717, 1.165) is 76.6 Å². The molecule has 4 aromatic heterocycles. The number of H-pyrrole nitrogens is 2. The van der Waals surface area contributed by atoms with Crippen molar-refractivity contribution in [2.75, 3.05) is 23.3 Å². The summed E-state index contributed by atoms with van der Waals surface area (Å²) in [4.78, 5) is 34.2. The summed E-state index contributed by atoms with van der Waals surface area (Å²) in [6, 6.07) is 27.0. The number of piperidine rings is 1. The SMILES string of the molecule is CC(c1ccc(Cl)cc1)n1cnc(-c2ccccc2)c1-c1c(C(=O)Nc2cccnc2N2CCC(c3ncn[nH]3)CC2)[nH]c2cc(Cl)ccc12. The van der Waals surface area contributed by atoms with Crippen molar-refractivity contribution in [1.29, 1.82) is 0 Å². The second-order valence-electron chi connectivity index (χ2n) is 12.5. The summed E-state index contributed by atoms with van der Waals surface area (Å²) in [7, 11) is 0. The number of carbonyl (C=O) groups is 1. The molecule has 1 aliphatic heterocycles. The van der Waals surface area contributed by atoms with Gasteiger partial charge in [0, 0.05) is 57.3 Å². The smallest absolute Gasteiger partial charge is 0.272 e. The van der Waals surface area contributed by atoms with Crippen LogP contribution in [0.15, 0.2) is 104 Å². The van der Waals surface area contributed by atoms with Crippen molar-refractivity contribution in [3.63, 3.8) is 0 Å². The molecule has 1 amide bonds. The van der Waals surface area contributed by atoms with Gasteiger partial charge in [-0.05, 0) is 61.7 Å². The first kappa shape index (κ1) is 31.8. The fourth-order valence-electron chi connectivity index (χ4n) is 6.91. The molecule has 12 heteroatoms. The molecular weight excluding hydrogens is 669 g/mol. The van der Waals surface area contributed by atoms with Crippen LogP contribution < -0.4 is 10.2 Å². The summed E-state index contributed by atoms with van der Waals surface area (Å²) in [5.74, 6) is 1.63. The van der Waals surface area contributed by atoms with Gasteiger partial charge in [0.05, 0.1) is 29.4 Å². The number of aromatic amines is 2. The number of halogens is 2. The number of carbonyl (C=O) groups excluding carboxylic acids is 1. The Hall–Kier alpha value is -5.45. The van der Waals surface area contributed by atoms with Gasteiger partial charge in [0.1, 0.15) is 17.8 Å². The minimum atomic E-state index is -0.302. The van der Waals surface area contributed by atoms with E-state index in [0.29, 0.717) is 27.3 Å². The van der Waals surface area contributed by atoms with Crippen LogP contribution in [0.1, 0.15) is 53.6 Å². The van der Waals surface area contributed by atoms with Crippen LogP contribution in [-0.4, -0.2) is 53.7 Å². The molecule has 7 aromatic rings. The van der Waals surface area contributed by atoms with Gasteiger partial charge < -0.3 is 19.8 Å². The van der Waals surface area contributed by atoms with E-state index >= 15 is 0 Å². The number of fused-ring (bicyclic) bond motifs is 1. The van der Waals surface area contributed by atoms with E-state index in [1.54, 1.807) is 12.5 Å². The van der Waals surface area contributed by atoms with Gasteiger partial charge in [-0.1, -0.05) is 71.7 Å². The minimum absolute atomic E-state index is 0.134. The van der Waals surface area contributed by atoms with Crippen LogP contribution in [-0.2, 0) is 0 Å². The molecule has 50 heavy (non-hydrogen) atoms. The lowest BCUT2D eigenvalue weighted by Crippen LogP contribution is -2.34. The number of aromatic nitrogens is 7. The summed E-state index contributed by atoms with van der Waals surface area (Å²) in [5.41, 5.74) is 6.03. The number of nitrogens with one attached hydrogen (secondary N) is 3. The first-order chi connectivity index (χ1) is 24.4. The molecule has 1 atom stereocenters. The van der Waals surface area contributed by atoms with Gasteiger partial charge in [0.25, 0.3) is 5.91 Å². The van der Waals surface area contributed by atoms with Crippen LogP contribution in [0, 0.1) is 0 Å². The monoisotopic (exact) mass is 701 g/mol. The minimum Gasteiger partial charge on any atom is -0.355 e. The van der Waals surface area contributed by atoms with Crippen LogP contribution in [0.2, 0.25) is 10.0 Å². The first-order valence-corrected chi connectivity index (χ1v) is 17.3. The van der Waals surface area contributed by atoms with E-state index in [2.05, 4.69) is 41.9 Å². The summed E-state index contributed by atoms with van der Waals surface area (Å²) in [6.45, 7) is 3.65. The largest absolute Gasteiger partial charge is 0.355 e. The zero-order valence-electron chi connectivity index (χ0n) is 27.1. The van der Waals surface area contributed by atoms with E-state index in [1.807, 2.05) is 91.3 Å². The molecule has 250 valence electrons. The van der Waals surface area contributed by atoms with Crippen molar-refractivity contribution in [3.05, 3.63) is 131 Å². The maximum absolute atomic E-state index is 14.6. The highest BCUT2D eigenvalue weighted by Crippen LogP contribution is 2.42. The van der Waals surface area contributed by atoms with E-state index < -0.39 is 0 Å². The standard InChI is InChI=1S/C38H33Cl2N9O/c1-23(24-9-11-27(39)12-10-24)49-22-43-33(25-6-3-2-4-7-25)35(49)32-29-14-13-28(40)20-31(29)45-34(32)38(50)46-30-8-5-17-41-37(30)48-18-15-26(16-19-48)36-42-21-44-47-36/h2-14,17,20-23,26,45H,15-16,18-19H2,1H3,(H,46,50)(H,42,44,47). The highest BCUT2D eigenvalue weighted by atomic mass is 35.5. The average Bonchev–Trinajstić information content (AvgIpc) is 3.91. The second kappa shape index (κ2) is 13.5. The predicted molar refractivity (Wildman–Crippen MR) is 198 cm³/mol. The number of anilines is 2. The Labute approximate surface area is 298 Å². The molecular formula is C38H33Cl2N9O. The molecule has 1 unspecified atom stereocenters. The summed E-state index contributed by atoms with van der Waals surface area (Å²) in [5, 5.41) is 12.3. The molecule has 0 spiro atoms. The lowest BCUT2D eigenvalue weighted by Gasteiger charge is -2.32. The molecule has 1 saturated heterocycles. The fraction of sp³-hybridized carbons (Fsp3) is 0.184. The number of hydrogen-bond acceptors (Lipinski definition) is 6. The third kappa shape index (κ3) is 6.01. The Balaban J connectivity index is 1.21. The van der Waals surface area contributed by atoms with Crippen molar-refractivity contribution in [2.24, 2.45) is 0 Å². The maximum Gasteiger partial charge on any atom is 0.272 e. The Kier molecular flexibility index (Phi) is 8.56. The lowest BCUT2D eigenvalue weighted by molar-refractivity contribution is 0.102. The van der Waals surface area contributed by atoms with Crippen LogP contribution in [0.5, 0.6) is 0 Å². The number of hydrogen-bond donors (Lipinski definition) is 3. The van der Waals surface area contributed by atoms with Crippen LogP contribution >= 0.6 is 23.2 Å². The highest BCUT2D eigenvalue weighted by molar-refractivity contribution is 6.31. The molecule has 3 aromatic carbocycles. The normalized spacial score (nSPS) is 14.3. The van der Waals surface area contributed by atoms with E-state index in [1.165, 1.54) is 0 Å². The molecule has 0 aliphatic carbocycles.